The minimum Gasteiger partial charge on any atom is -0.0848 e. The van der Waals surface area contributed by atoms with Gasteiger partial charge >= 0.3 is 0 Å². The Bertz CT molecular complexity index is 243. The predicted octanol–water partition coefficient (Wildman–Crippen LogP) is 5.73. The molecule has 98 valence electrons. The Hall–Kier alpha value is -0.260. The fourth-order valence-corrected chi connectivity index (χ4v) is 3.88. The lowest BCUT2D eigenvalue weighted by atomic mass is 9.73. The summed E-state index contributed by atoms with van der Waals surface area (Å²) in [5, 5.41) is 0. The molecule has 0 saturated heterocycles. The maximum atomic E-state index is 2.61. The van der Waals surface area contributed by atoms with Crippen molar-refractivity contribution in [3.63, 3.8) is 0 Å². The molecule has 0 bridgehead atoms. The van der Waals surface area contributed by atoms with Crippen LogP contribution in [0.4, 0.5) is 0 Å². The Labute approximate surface area is 108 Å². The molecule has 17 heavy (non-hydrogen) atoms. The second kappa shape index (κ2) is 6.61. The number of allylic oxidation sites excluding steroid dienone is 2. The third-order valence-corrected chi connectivity index (χ3v) is 5.20. The smallest absolute Gasteiger partial charge is 0.0203 e. The predicted molar refractivity (Wildman–Crippen MR) is 76.1 cm³/mol. The summed E-state index contributed by atoms with van der Waals surface area (Å²) >= 11 is 0. The van der Waals surface area contributed by atoms with Crippen LogP contribution in [0.1, 0.15) is 78.1 Å². The van der Waals surface area contributed by atoms with Gasteiger partial charge in [-0.15, -0.1) is 0 Å². The van der Waals surface area contributed by atoms with Gasteiger partial charge in [-0.3, -0.25) is 0 Å². The van der Waals surface area contributed by atoms with E-state index in [0.29, 0.717) is 0 Å². The fraction of sp³-hybridized carbons (Fsp3) is 0.882. The molecule has 2 aliphatic carbocycles. The van der Waals surface area contributed by atoms with E-state index in [4.69, 9.17) is 0 Å². The van der Waals surface area contributed by atoms with Gasteiger partial charge in [-0.1, -0.05) is 44.8 Å². The van der Waals surface area contributed by atoms with Crippen molar-refractivity contribution < 1.29 is 0 Å². The highest BCUT2D eigenvalue weighted by Crippen LogP contribution is 2.39. The van der Waals surface area contributed by atoms with Crippen molar-refractivity contribution in [2.45, 2.75) is 78.1 Å². The second-order valence-electron chi connectivity index (χ2n) is 6.33. The van der Waals surface area contributed by atoms with Gasteiger partial charge in [0.2, 0.25) is 0 Å². The molecule has 2 rings (SSSR count). The van der Waals surface area contributed by atoms with Gasteiger partial charge in [-0.25, -0.2) is 0 Å². The second-order valence-corrected chi connectivity index (χ2v) is 6.33. The fourth-order valence-electron chi connectivity index (χ4n) is 3.88. The zero-order valence-corrected chi connectivity index (χ0v) is 11.9. The van der Waals surface area contributed by atoms with Crippen molar-refractivity contribution in [1.82, 2.24) is 0 Å². The summed E-state index contributed by atoms with van der Waals surface area (Å²) in [5.74, 6) is 3.03. The third-order valence-electron chi connectivity index (χ3n) is 5.20. The van der Waals surface area contributed by atoms with Crippen molar-refractivity contribution in [3.05, 3.63) is 11.6 Å². The number of hydrogen-bond donors (Lipinski definition) is 0. The van der Waals surface area contributed by atoms with E-state index in [1.54, 1.807) is 0 Å². The summed E-state index contributed by atoms with van der Waals surface area (Å²) in [6.07, 6.45) is 17.1. The standard InChI is InChI=1S/C17H30/c1-3-5-15-8-12-17(13-9-15)16-10-6-14(4-2)7-11-16/h10,14-15,17H,3-9,11-13H2,1-2H3. The molecule has 0 aromatic heterocycles. The molecule has 2 aliphatic rings. The molecule has 0 amide bonds. The van der Waals surface area contributed by atoms with Crippen molar-refractivity contribution >= 4 is 0 Å². The lowest BCUT2D eigenvalue weighted by molar-refractivity contribution is 0.276. The van der Waals surface area contributed by atoms with Crippen LogP contribution in [0.5, 0.6) is 0 Å². The molecular weight excluding hydrogens is 204 g/mol. The van der Waals surface area contributed by atoms with Gasteiger partial charge in [0.15, 0.2) is 0 Å². The number of hydrogen-bond acceptors (Lipinski definition) is 0. The van der Waals surface area contributed by atoms with Gasteiger partial charge in [0.1, 0.15) is 0 Å². The molecule has 0 N–H and O–H groups in total. The Morgan fingerprint density at radius 2 is 1.76 bits per heavy atom. The molecule has 0 aromatic rings. The van der Waals surface area contributed by atoms with Gasteiger partial charge in [0.05, 0.1) is 0 Å². The Morgan fingerprint density at radius 1 is 1.00 bits per heavy atom. The highest BCUT2D eigenvalue weighted by atomic mass is 14.3. The third kappa shape index (κ3) is 3.60. The molecule has 0 spiro atoms. The summed E-state index contributed by atoms with van der Waals surface area (Å²) in [6.45, 7) is 4.68. The average molecular weight is 234 g/mol. The Balaban J connectivity index is 1.79. The summed E-state index contributed by atoms with van der Waals surface area (Å²) < 4.78 is 0. The van der Waals surface area contributed by atoms with Crippen LogP contribution in [0, 0.1) is 17.8 Å². The van der Waals surface area contributed by atoms with Gasteiger partial charge in [-0.2, -0.15) is 0 Å². The Morgan fingerprint density at radius 3 is 2.29 bits per heavy atom. The maximum absolute atomic E-state index is 2.61. The van der Waals surface area contributed by atoms with Crippen LogP contribution in [0.3, 0.4) is 0 Å². The topological polar surface area (TPSA) is 0 Å². The summed E-state index contributed by atoms with van der Waals surface area (Å²) in [4.78, 5) is 0. The van der Waals surface area contributed by atoms with E-state index < -0.39 is 0 Å². The maximum Gasteiger partial charge on any atom is -0.0203 e. The molecule has 0 radical (unpaired) electrons. The van der Waals surface area contributed by atoms with Crippen molar-refractivity contribution in [2.75, 3.05) is 0 Å². The molecule has 0 aromatic carbocycles. The normalized spacial score (nSPS) is 34.5. The van der Waals surface area contributed by atoms with Crippen LogP contribution < -0.4 is 0 Å². The minimum atomic E-state index is 0.973. The van der Waals surface area contributed by atoms with Crippen LogP contribution in [-0.4, -0.2) is 0 Å². The SMILES string of the molecule is CCCC1CCC(C2=CCC(CC)CC2)CC1. The first kappa shape index (κ1) is 13.2. The van der Waals surface area contributed by atoms with Crippen LogP contribution in [0.15, 0.2) is 11.6 Å². The molecule has 1 atom stereocenters. The average Bonchev–Trinajstić information content (AvgIpc) is 2.40. The zero-order chi connectivity index (χ0) is 12.1. The van der Waals surface area contributed by atoms with Crippen molar-refractivity contribution in [3.8, 4) is 0 Å². The van der Waals surface area contributed by atoms with Crippen LogP contribution in [-0.2, 0) is 0 Å². The summed E-state index contributed by atoms with van der Waals surface area (Å²) in [6, 6.07) is 0. The van der Waals surface area contributed by atoms with E-state index >= 15 is 0 Å². The van der Waals surface area contributed by atoms with Crippen LogP contribution >= 0.6 is 0 Å². The first-order valence-corrected chi connectivity index (χ1v) is 8.02. The molecule has 1 unspecified atom stereocenters. The summed E-state index contributed by atoms with van der Waals surface area (Å²) in [7, 11) is 0. The van der Waals surface area contributed by atoms with Crippen LogP contribution in [0.25, 0.3) is 0 Å². The number of rotatable bonds is 4. The quantitative estimate of drug-likeness (QED) is 0.545. The Kier molecular flexibility index (Phi) is 5.13. The zero-order valence-electron chi connectivity index (χ0n) is 11.9. The van der Waals surface area contributed by atoms with Gasteiger partial charge in [0.25, 0.3) is 0 Å². The highest BCUT2D eigenvalue weighted by molar-refractivity contribution is 5.11. The van der Waals surface area contributed by atoms with Gasteiger partial charge < -0.3 is 0 Å². The van der Waals surface area contributed by atoms with E-state index in [2.05, 4.69) is 19.9 Å². The molecule has 1 saturated carbocycles. The van der Waals surface area contributed by atoms with Gasteiger partial charge in [0, 0.05) is 0 Å². The molecule has 0 nitrogen and oxygen atoms in total. The minimum absolute atomic E-state index is 0.973. The van der Waals surface area contributed by atoms with Crippen LogP contribution in [0.2, 0.25) is 0 Å². The van der Waals surface area contributed by atoms with Gasteiger partial charge in [-0.05, 0) is 62.7 Å². The van der Waals surface area contributed by atoms with E-state index in [-0.39, 0.29) is 0 Å². The van der Waals surface area contributed by atoms with Crippen molar-refractivity contribution in [1.29, 1.82) is 0 Å². The molecule has 1 fully saturated rings. The largest absolute Gasteiger partial charge is 0.0848 e. The lowest BCUT2D eigenvalue weighted by Gasteiger charge is -2.32. The first-order valence-electron chi connectivity index (χ1n) is 8.02. The highest BCUT2D eigenvalue weighted by Gasteiger charge is 2.25. The lowest BCUT2D eigenvalue weighted by Crippen LogP contribution is -2.18. The molecule has 0 heterocycles. The van der Waals surface area contributed by atoms with E-state index in [1.165, 1.54) is 64.2 Å². The van der Waals surface area contributed by atoms with E-state index in [9.17, 15) is 0 Å². The molecular formula is C17H30. The summed E-state index contributed by atoms with van der Waals surface area (Å²) in [5.41, 5.74) is 1.84. The van der Waals surface area contributed by atoms with Crippen molar-refractivity contribution in [2.24, 2.45) is 17.8 Å². The van der Waals surface area contributed by atoms with E-state index in [0.717, 1.165) is 17.8 Å². The van der Waals surface area contributed by atoms with E-state index in [1.807, 2.05) is 5.57 Å². The first-order chi connectivity index (χ1) is 8.33. The molecule has 0 heteroatoms. The monoisotopic (exact) mass is 234 g/mol. The molecule has 0 aliphatic heterocycles.